The Hall–Kier alpha value is -7.15. The number of aromatic amines is 1. The topological polar surface area (TPSA) is 698 Å². The van der Waals surface area contributed by atoms with E-state index in [4.69, 9.17) is 88.5 Å². The molecule has 0 spiro atoms. The number of fused-ring (bicyclic) bond motifs is 2. The normalized spacial score (nSPS) is 29.5. The number of nitrogens with one attached hydrogen (secondary N) is 1. The Balaban J connectivity index is 0.740. The molecule has 5 saturated heterocycles. The van der Waals surface area contributed by atoms with E-state index >= 15 is 0 Å². The molecule has 0 saturated carbocycles. The fourth-order valence-corrected chi connectivity index (χ4v) is 15.6. The number of aliphatic hydroxyl groups is 1. The van der Waals surface area contributed by atoms with Gasteiger partial charge < -0.3 is 86.8 Å². The van der Waals surface area contributed by atoms with E-state index in [1.165, 1.54) is 41.5 Å². The minimum atomic E-state index is -5.56. The highest BCUT2D eigenvalue weighted by Crippen LogP contribution is 2.55. The van der Waals surface area contributed by atoms with Gasteiger partial charge >= 0.3 is 56.2 Å². The van der Waals surface area contributed by atoms with Crippen molar-refractivity contribution in [3.05, 3.63) is 97.6 Å². The Morgan fingerprint density at radius 2 is 0.792 bits per heavy atom. The Bertz CT molecular complexity index is 4730. The molecule has 0 amide bonds. The summed E-state index contributed by atoms with van der Waals surface area (Å²) in [5.74, 6) is -0.890. The molecule has 7 aromatic rings. The van der Waals surface area contributed by atoms with Crippen LogP contribution in [-0.4, -0.2) is 196 Å². The van der Waals surface area contributed by atoms with Crippen LogP contribution in [0.2, 0.25) is 0 Å². The van der Waals surface area contributed by atoms with Crippen LogP contribution in [0.3, 0.4) is 0 Å². The molecule has 550 valence electrons. The monoisotopic (exact) mass is 1530 g/mol. The molecule has 12 heterocycles. The lowest BCUT2D eigenvalue weighted by Crippen LogP contribution is -2.32. The van der Waals surface area contributed by atoms with Crippen LogP contribution in [0.4, 0.5) is 29.2 Å². The third kappa shape index (κ3) is 17.4. The molecule has 7 aromatic heterocycles. The highest BCUT2D eigenvalue weighted by Gasteiger charge is 2.50. The van der Waals surface area contributed by atoms with Gasteiger partial charge in [-0.25, -0.2) is 57.1 Å². The molecule has 0 aliphatic carbocycles. The molecular weight excluding hydrogens is 1470 g/mol. The average molecular weight is 1530 g/mol. The van der Waals surface area contributed by atoms with Gasteiger partial charge in [0.1, 0.15) is 115 Å². The van der Waals surface area contributed by atoms with Crippen LogP contribution in [0.5, 0.6) is 0 Å². The molecule has 18 N–H and O–H groups in total. The van der Waals surface area contributed by atoms with Gasteiger partial charge in [0.25, 0.3) is 5.56 Å². The van der Waals surface area contributed by atoms with Gasteiger partial charge in [-0.2, -0.15) is 19.9 Å². The molecule has 19 atom stereocenters. The van der Waals surface area contributed by atoms with Crippen LogP contribution in [0.25, 0.3) is 22.3 Å². The van der Waals surface area contributed by atoms with Gasteiger partial charge in [-0.15, -0.1) is 0 Å². The Morgan fingerprint density at radius 3 is 1.19 bits per heavy atom. The number of H-pyrrole nitrogens is 1. The summed E-state index contributed by atoms with van der Waals surface area (Å²) in [7, 11) is -27.0. The number of aromatic nitrogens is 14. The lowest BCUT2D eigenvalue weighted by atomic mass is 10.2. The van der Waals surface area contributed by atoms with E-state index in [-0.39, 0.29) is 64.4 Å². The maximum Gasteiger partial charge on any atom is 0.472 e. The molecule has 0 radical (unpaired) electrons. The summed E-state index contributed by atoms with van der Waals surface area (Å²) in [5.41, 5.74) is 25.0. The standard InChI is InChI=1S/C47H62N19O30P5/c48-30-1-4-62(45(69)57-30)33-7-20(67)25(88-33)12-84-98(75,76)93-21-8-34(63-5-2-31(49)58-46(63)70)89-27(21)14-86-101(81,82)96-24-11-37(66-19-56-39-42(66)60-44(52)61-43(39)68)92-29(24)16-87-99(77,78)94-22-9-35(64-6-3-32(50)59-47(64)71)90-28(22)15-85-100(79,80)95-23-10-36(91-26(23)13-83-97(72,73)74)65-18-55-38-40(51)53-17-54-41(38)65/h1-6,17-29,33-37,67H,7-16H2,(H,75,76)(H,77,78)(H,79,80)(H,81,82)(H2,48,57,69)(H2,49,58,70)(H2,50,59,71)(H2,51,53,54)(H2,72,73,74)(H3,52,60,61,68)/t20-,21-,22-,23-,24-,25+,26+,27+,28+,29+,33+,34+,35+,36+,37+/m0/s1. The molecule has 5 aliphatic rings. The van der Waals surface area contributed by atoms with Crippen LogP contribution in [0.15, 0.2) is 74.9 Å². The summed E-state index contributed by atoms with van der Waals surface area (Å²) in [5, 5.41) is 10.8. The second kappa shape index (κ2) is 29.2. The van der Waals surface area contributed by atoms with Crippen molar-refractivity contribution in [3.8, 4) is 0 Å². The number of anilines is 5. The zero-order chi connectivity index (χ0) is 72.3. The van der Waals surface area contributed by atoms with E-state index in [1.807, 2.05) is 0 Å². The third-order valence-corrected chi connectivity index (χ3v) is 20.5. The van der Waals surface area contributed by atoms with E-state index in [1.54, 1.807) is 0 Å². The molecule has 4 unspecified atom stereocenters. The molecule has 101 heavy (non-hydrogen) atoms. The number of rotatable bonds is 28. The van der Waals surface area contributed by atoms with E-state index in [9.17, 15) is 76.5 Å². The Labute approximate surface area is 561 Å². The highest BCUT2D eigenvalue weighted by molar-refractivity contribution is 7.48. The van der Waals surface area contributed by atoms with Crippen LogP contribution < -0.4 is 51.3 Å². The molecule has 5 aliphatic heterocycles. The molecule has 0 aromatic carbocycles. The van der Waals surface area contributed by atoms with Gasteiger partial charge in [0.2, 0.25) is 5.95 Å². The summed E-state index contributed by atoms with van der Waals surface area (Å²) in [6.45, 7) is -4.90. The highest BCUT2D eigenvalue weighted by atomic mass is 31.2. The summed E-state index contributed by atoms with van der Waals surface area (Å²) < 4.78 is 151. The predicted octanol–water partition coefficient (Wildman–Crippen LogP) is -2.44. The Morgan fingerprint density at radius 1 is 0.446 bits per heavy atom. The second-order valence-corrected chi connectivity index (χ2v) is 29.7. The first kappa shape index (κ1) is 73.6. The van der Waals surface area contributed by atoms with E-state index < -0.39 is 206 Å². The molecule has 54 heteroatoms. The van der Waals surface area contributed by atoms with Gasteiger partial charge in [-0.3, -0.25) is 73.3 Å². The molecule has 49 nitrogen and oxygen atoms in total. The third-order valence-electron chi connectivity index (χ3n) is 16.0. The predicted molar refractivity (Wildman–Crippen MR) is 330 cm³/mol. The zero-order valence-corrected chi connectivity index (χ0v) is 55.9. The zero-order valence-electron chi connectivity index (χ0n) is 51.4. The smallest absolute Gasteiger partial charge is 0.390 e. The van der Waals surface area contributed by atoms with Crippen molar-refractivity contribution in [1.82, 2.24) is 67.7 Å². The largest absolute Gasteiger partial charge is 0.472 e. The number of nitrogens with zero attached hydrogens (tertiary/aromatic N) is 13. The maximum absolute atomic E-state index is 14.2. The van der Waals surface area contributed by atoms with Gasteiger partial charge in [-0.1, -0.05) is 0 Å². The van der Waals surface area contributed by atoms with Crippen molar-refractivity contribution in [3.63, 3.8) is 0 Å². The fourth-order valence-electron chi connectivity index (χ4n) is 11.4. The van der Waals surface area contributed by atoms with Crippen molar-refractivity contribution < 1.29 is 122 Å². The lowest BCUT2D eigenvalue weighted by Gasteiger charge is -2.25. The minimum Gasteiger partial charge on any atom is -0.390 e. The quantitative estimate of drug-likeness (QED) is 0.0227. The van der Waals surface area contributed by atoms with Gasteiger partial charge in [0, 0.05) is 50.7 Å². The van der Waals surface area contributed by atoms with Crippen LogP contribution in [-0.2, 0) is 87.2 Å². The van der Waals surface area contributed by atoms with Crippen molar-refractivity contribution in [2.24, 2.45) is 0 Å². The first-order chi connectivity index (χ1) is 47.6. The van der Waals surface area contributed by atoms with Gasteiger partial charge in [0.15, 0.2) is 22.6 Å². The lowest BCUT2D eigenvalue weighted by molar-refractivity contribution is -0.0642. The van der Waals surface area contributed by atoms with E-state index in [0.29, 0.717) is 0 Å². The summed E-state index contributed by atoms with van der Waals surface area (Å²) in [6, 6.07) is 3.72. The summed E-state index contributed by atoms with van der Waals surface area (Å²) in [6.07, 6.45) is -17.5. The Kier molecular flexibility index (Phi) is 21.3. The number of aliphatic hydroxyl groups excluding tert-OH is 1. The second-order valence-electron chi connectivity index (χ2n) is 22.8. The van der Waals surface area contributed by atoms with Crippen molar-refractivity contribution >= 4 is 90.7 Å². The number of imidazole rings is 2. The van der Waals surface area contributed by atoms with E-state index in [0.717, 1.165) is 37.1 Å². The van der Waals surface area contributed by atoms with Crippen molar-refractivity contribution in [2.45, 2.75) is 124 Å². The molecular formula is C47H62N19O30P5. The SMILES string of the molecule is Nc1ccn([C@H]2C[C@H](OP(=O)(O)OC[C@H]3O[C@@H](n4cnc5c(=O)[nH]c(N)nc54)C[C@@H]3OP(=O)(O)OC[C@H]3O[C@@H](n4ccc(N)nc4=O)C[C@@H]3OP(=O)(O)OC[C@H]3O[C@@H](n4ccc(N)nc4=O)C[C@@H]3O)[C@@H](COP(=O)(O)O[C@H]3C[C@H](n4cnc5c(N)ncnc54)O[C@@H]3COP(=O)(O)O)O2)c(=O)n1. The van der Waals surface area contributed by atoms with Crippen LogP contribution >= 0.6 is 39.1 Å². The number of hydrogen-bond acceptors (Lipinski definition) is 37. The van der Waals surface area contributed by atoms with Crippen molar-refractivity contribution in [2.75, 3.05) is 61.7 Å². The molecule has 12 rings (SSSR count). The number of hydrogen-bond donors (Lipinski definition) is 13. The number of nitrogens with two attached hydrogens (primary N) is 5. The summed E-state index contributed by atoms with van der Waals surface area (Å²) in [4.78, 5) is 149. The number of phosphoric acid groups is 5. The minimum absolute atomic E-state index is 0.0154. The van der Waals surface area contributed by atoms with Gasteiger partial charge in [0.05, 0.1) is 51.8 Å². The number of phosphoric ester groups is 5. The molecule has 5 fully saturated rings. The fraction of sp³-hybridized carbons (Fsp3) is 0.532. The first-order valence-corrected chi connectivity index (χ1v) is 37.1. The van der Waals surface area contributed by atoms with Gasteiger partial charge in [-0.05, 0) is 18.2 Å². The number of ether oxygens (including phenoxy) is 5. The molecule has 0 bridgehead atoms. The maximum atomic E-state index is 14.2. The van der Waals surface area contributed by atoms with Crippen LogP contribution in [0.1, 0.15) is 63.2 Å². The van der Waals surface area contributed by atoms with Crippen molar-refractivity contribution in [1.29, 1.82) is 0 Å². The average Bonchev–Trinajstić information content (AvgIpc) is 1.64. The van der Waals surface area contributed by atoms with E-state index in [2.05, 4.69) is 49.4 Å². The number of nitrogen functional groups attached to an aromatic ring is 5. The summed E-state index contributed by atoms with van der Waals surface area (Å²) >= 11 is 0. The first-order valence-electron chi connectivity index (χ1n) is 29.6. The van der Waals surface area contributed by atoms with Crippen LogP contribution in [0, 0.1) is 0 Å².